The van der Waals surface area contributed by atoms with Crippen LogP contribution in [0.25, 0.3) is 11.1 Å². The third-order valence-corrected chi connectivity index (χ3v) is 2.77. The van der Waals surface area contributed by atoms with Crippen molar-refractivity contribution < 1.29 is 15.3 Å². The lowest BCUT2D eigenvalue weighted by Gasteiger charge is -2.11. The molecule has 3 N–H and O–H groups in total. The molecule has 0 aliphatic rings. The van der Waals surface area contributed by atoms with E-state index in [0.29, 0.717) is 12.0 Å². The maximum absolute atomic E-state index is 9.80. The summed E-state index contributed by atoms with van der Waals surface area (Å²) in [5, 5.41) is 28.7. The molecule has 0 spiro atoms. The van der Waals surface area contributed by atoms with Gasteiger partial charge in [0.25, 0.3) is 0 Å². The van der Waals surface area contributed by atoms with Crippen LogP contribution in [0.1, 0.15) is 12.5 Å². The summed E-state index contributed by atoms with van der Waals surface area (Å²) in [6.45, 7) is 1.90. The maximum atomic E-state index is 9.80. The van der Waals surface area contributed by atoms with Crippen LogP contribution in [0.3, 0.4) is 0 Å². The number of hydrogen-bond acceptors (Lipinski definition) is 3. The number of benzene rings is 2. The van der Waals surface area contributed by atoms with Crippen molar-refractivity contribution >= 4 is 0 Å². The average molecular weight is 230 g/mol. The third-order valence-electron chi connectivity index (χ3n) is 2.77. The third kappa shape index (κ3) is 2.04. The fourth-order valence-electron chi connectivity index (χ4n) is 1.93. The van der Waals surface area contributed by atoms with Crippen molar-refractivity contribution in [2.24, 2.45) is 0 Å². The van der Waals surface area contributed by atoms with E-state index >= 15 is 0 Å². The first kappa shape index (κ1) is 11.3. The summed E-state index contributed by atoms with van der Waals surface area (Å²) in [6, 6.07) is 10.0. The molecule has 0 aromatic heterocycles. The smallest absolute Gasteiger partial charge is 0.161 e. The first-order chi connectivity index (χ1) is 8.13. The molecule has 2 aromatic carbocycles. The molecule has 0 amide bonds. The highest BCUT2D eigenvalue weighted by Gasteiger charge is 2.12. The summed E-state index contributed by atoms with van der Waals surface area (Å²) in [7, 11) is 0. The summed E-state index contributed by atoms with van der Waals surface area (Å²) in [5.74, 6) is -0.0313. The molecule has 3 nitrogen and oxygen atoms in total. The first-order valence-electron chi connectivity index (χ1n) is 5.46. The minimum Gasteiger partial charge on any atom is -0.508 e. The van der Waals surface area contributed by atoms with Crippen LogP contribution in [0.2, 0.25) is 0 Å². The van der Waals surface area contributed by atoms with Gasteiger partial charge in [0.15, 0.2) is 11.5 Å². The fourth-order valence-corrected chi connectivity index (χ4v) is 1.93. The van der Waals surface area contributed by atoms with E-state index in [9.17, 15) is 15.3 Å². The Morgan fingerprint density at radius 1 is 1.00 bits per heavy atom. The van der Waals surface area contributed by atoms with Crippen molar-refractivity contribution in [2.75, 3.05) is 0 Å². The Morgan fingerprint density at radius 3 is 2.41 bits per heavy atom. The number of hydrogen-bond donors (Lipinski definition) is 3. The van der Waals surface area contributed by atoms with E-state index in [1.54, 1.807) is 24.3 Å². The Labute approximate surface area is 99.6 Å². The lowest BCUT2D eigenvalue weighted by atomic mass is 9.96. The molecule has 0 heterocycles. The van der Waals surface area contributed by atoms with E-state index in [1.807, 2.05) is 13.0 Å². The van der Waals surface area contributed by atoms with Gasteiger partial charge in [0.1, 0.15) is 5.75 Å². The van der Waals surface area contributed by atoms with Gasteiger partial charge in [0, 0.05) is 5.56 Å². The molecule has 0 bridgehead atoms. The number of phenols is 3. The van der Waals surface area contributed by atoms with Crippen LogP contribution in [0.4, 0.5) is 0 Å². The van der Waals surface area contributed by atoms with Crippen LogP contribution in [-0.2, 0) is 6.42 Å². The van der Waals surface area contributed by atoms with Crippen LogP contribution in [-0.4, -0.2) is 15.3 Å². The van der Waals surface area contributed by atoms with Crippen molar-refractivity contribution in [3.8, 4) is 28.4 Å². The predicted octanol–water partition coefficient (Wildman–Crippen LogP) is 3.03. The quantitative estimate of drug-likeness (QED) is 0.695. The molecule has 88 valence electrons. The summed E-state index contributed by atoms with van der Waals surface area (Å²) < 4.78 is 0. The summed E-state index contributed by atoms with van der Waals surface area (Å²) in [4.78, 5) is 0. The molecule has 3 heteroatoms. The van der Waals surface area contributed by atoms with Gasteiger partial charge in [-0.05, 0) is 35.7 Å². The van der Waals surface area contributed by atoms with Gasteiger partial charge in [-0.1, -0.05) is 25.1 Å². The molecule has 0 aliphatic carbocycles. The van der Waals surface area contributed by atoms with E-state index < -0.39 is 0 Å². The van der Waals surface area contributed by atoms with Crippen LogP contribution in [0, 0.1) is 0 Å². The zero-order valence-electron chi connectivity index (χ0n) is 9.51. The van der Waals surface area contributed by atoms with Gasteiger partial charge in [0.05, 0.1) is 0 Å². The number of phenolic OH excluding ortho intramolecular Hbond substituents is 3. The van der Waals surface area contributed by atoms with Gasteiger partial charge in [-0.15, -0.1) is 0 Å². The van der Waals surface area contributed by atoms with E-state index in [0.717, 1.165) is 11.1 Å². The molecule has 0 atom stereocenters. The van der Waals surface area contributed by atoms with Gasteiger partial charge < -0.3 is 15.3 Å². The summed E-state index contributed by atoms with van der Waals surface area (Å²) in [6.07, 6.45) is 0.602. The molecule has 2 rings (SSSR count). The van der Waals surface area contributed by atoms with Gasteiger partial charge in [-0.25, -0.2) is 0 Å². The van der Waals surface area contributed by atoms with E-state index in [-0.39, 0.29) is 17.2 Å². The molecule has 0 saturated carbocycles. The summed E-state index contributed by atoms with van der Waals surface area (Å²) >= 11 is 0. The monoisotopic (exact) mass is 230 g/mol. The van der Waals surface area contributed by atoms with Crippen molar-refractivity contribution in [3.63, 3.8) is 0 Å². The molecule has 0 aliphatic heterocycles. The van der Waals surface area contributed by atoms with E-state index in [1.165, 1.54) is 6.07 Å². The lowest BCUT2D eigenvalue weighted by Crippen LogP contribution is -1.89. The Bertz CT molecular complexity index is 547. The Morgan fingerprint density at radius 2 is 1.76 bits per heavy atom. The van der Waals surface area contributed by atoms with Crippen LogP contribution in [0.5, 0.6) is 17.2 Å². The summed E-state index contributed by atoms with van der Waals surface area (Å²) in [5.41, 5.74) is 2.31. The number of rotatable bonds is 2. The second-order valence-electron chi connectivity index (χ2n) is 3.86. The Balaban J connectivity index is 2.63. The van der Waals surface area contributed by atoms with Gasteiger partial charge in [-0.2, -0.15) is 0 Å². The molecule has 0 unspecified atom stereocenters. The lowest BCUT2D eigenvalue weighted by molar-refractivity contribution is 0.400. The SMILES string of the molecule is CCc1c(-c2cccc(O)c2)ccc(O)c1O. The second kappa shape index (κ2) is 4.37. The minimum atomic E-state index is -0.120. The molecular formula is C14H14O3. The highest BCUT2D eigenvalue weighted by molar-refractivity contribution is 5.73. The average Bonchev–Trinajstić information content (AvgIpc) is 2.32. The van der Waals surface area contributed by atoms with Crippen LogP contribution >= 0.6 is 0 Å². The molecule has 0 saturated heterocycles. The largest absolute Gasteiger partial charge is 0.508 e. The van der Waals surface area contributed by atoms with Crippen LogP contribution < -0.4 is 0 Å². The minimum absolute atomic E-state index is 0.0895. The van der Waals surface area contributed by atoms with E-state index in [2.05, 4.69) is 0 Å². The van der Waals surface area contributed by atoms with Crippen molar-refractivity contribution in [3.05, 3.63) is 42.0 Å². The second-order valence-corrected chi connectivity index (χ2v) is 3.86. The topological polar surface area (TPSA) is 60.7 Å². The molecule has 17 heavy (non-hydrogen) atoms. The van der Waals surface area contributed by atoms with Gasteiger partial charge in [0.2, 0.25) is 0 Å². The normalized spacial score (nSPS) is 10.4. The van der Waals surface area contributed by atoms with Gasteiger partial charge in [-0.3, -0.25) is 0 Å². The first-order valence-corrected chi connectivity index (χ1v) is 5.46. The predicted molar refractivity (Wildman–Crippen MR) is 66.3 cm³/mol. The zero-order chi connectivity index (χ0) is 12.4. The van der Waals surface area contributed by atoms with E-state index in [4.69, 9.17) is 0 Å². The molecule has 2 aromatic rings. The van der Waals surface area contributed by atoms with Crippen molar-refractivity contribution in [2.45, 2.75) is 13.3 Å². The Kier molecular flexibility index (Phi) is 2.91. The standard InChI is InChI=1S/C14H14O3/c1-2-11-12(6-7-13(16)14(11)17)9-4-3-5-10(15)8-9/h3-8,15-17H,2H2,1H3. The maximum Gasteiger partial charge on any atom is 0.161 e. The number of aromatic hydroxyl groups is 3. The fraction of sp³-hybridized carbons (Fsp3) is 0.143. The van der Waals surface area contributed by atoms with Crippen LogP contribution in [0.15, 0.2) is 36.4 Å². The van der Waals surface area contributed by atoms with Gasteiger partial charge >= 0.3 is 0 Å². The van der Waals surface area contributed by atoms with Crippen molar-refractivity contribution in [1.29, 1.82) is 0 Å². The molecule has 0 radical (unpaired) electrons. The zero-order valence-corrected chi connectivity index (χ0v) is 9.51. The molecular weight excluding hydrogens is 216 g/mol. The Hall–Kier alpha value is -2.16. The highest BCUT2D eigenvalue weighted by Crippen LogP contribution is 2.37. The van der Waals surface area contributed by atoms with Crippen molar-refractivity contribution in [1.82, 2.24) is 0 Å². The molecule has 0 fully saturated rings. The highest BCUT2D eigenvalue weighted by atomic mass is 16.3.